The molecule has 1 aliphatic carbocycles. The third kappa shape index (κ3) is 11.5. The van der Waals surface area contributed by atoms with Crippen LogP contribution in [0, 0.1) is 11.8 Å². The molecule has 0 radical (unpaired) electrons. The number of morpholine rings is 1. The lowest BCUT2D eigenvalue weighted by Crippen LogP contribution is -2.46. The van der Waals surface area contributed by atoms with Crippen molar-refractivity contribution in [3.8, 4) is 0 Å². The fourth-order valence-electron chi connectivity index (χ4n) is 4.46. The average Bonchev–Trinajstić information content (AvgIpc) is 2.78. The van der Waals surface area contributed by atoms with Gasteiger partial charge >= 0.3 is 12.0 Å². The molecule has 2 rings (SSSR count). The molecular formula is C24H41N5O6. The first-order valence-electron chi connectivity index (χ1n) is 12.5. The molecule has 0 aromatic rings. The standard InChI is InChI=1S/C24H41N5O6/c1-24(2,3)35-21(31)15-19(16-26-28-23(25)33)27-22(32)18(13-17-7-5-4-6-8-17)14-20(30)29-9-11-34-12-10-29/h16-19H,4-15H2,1-3H3,(H,27,32)(H3,25,28,33)/b26-16+/t18-,19+/m1/s1. The van der Waals surface area contributed by atoms with Crippen LogP contribution in [0.4, 0.5) is 4.79 Å². The molecule has 1 saturated carbocycles. The van der Waals surface area contributed by atoms with Crippen molar-refractivity contribution >= 4 is 30.0 Å². The molecule has 1 saturated heterocycles. The minimum atomic E-state index is -0.866. The third-order valence-electron chi connectivity index (χ3n) is 6.06. The number of rotatable bonds is 10. The quantitative estimate of drug-likeness (QED) is 0.238. The van der Waals surface area contributed by atoms with Crippen LogP contribution in [0.25, 0.3) is 0 Å². The Hall–Kier alpha value is -2.69. The molecule has 2 atom stereocenters. The van der Waals surface area contributed by atoms with Gasteiger partial charge in [-0.1, -0.05) is 32.1 Å². The van der Waals surface area contributed by atoms with Crippen molar-refractivity contribution in [2.75, 3.05) is 26.3 Å². The van der Waals surface area contributed by atoms with Gasteiger partial charge in [-0.25, -0.2) is 10.2 Å². The second-order valence-electron chi connectivity index (χ2n) is 10.3. The molecule has 11 heteroatoms. The van der Waals surface area contributed by atoms with Gasteiger partial charge in [0, 0.05) is 31.6 Å². The molecular weight excluding hydrogens is 454 g/mol. The lowest BCUT2D eigenvalue weighted by molar-refractivity contribution is -0.155. The Morgan fingerprint density at radius 3 is 2.37 bits per heavy atom. The van der Waals surface area contributed by atoms with Crippen LogP contribution in [0.3, 0.4) is 0 Å². The molecule has 198 valence electrons. The van der Waals surface area contributed by atoms with Gasteiger partial charge < -0.3 is 25.4 Å². The van der Waals surface area contributed by atoms with E-state index < -0.39 is 29.6 Å². The first-order chi connectivity index (χ1) is 16.5. The van der Waals surface area contributed by atoms with Gasteiger partial charge in [-0.3, -0.25) is 14.4 Å². The van der Waals surface area contributed by atoms with E-state index in [2.05, 4.69) is 15.8 Å². The molecule has 4 amide bonds. The fourth-order valence-corrected chi connectivity index (χ4v) is 4.46. The van der Waals surface area contributed by atoms with Gasteiger partial charge in [0.25, 0.3) is 0 Å². The number of nitrogens with one attached hydrogen (secondary N) is 2. The normalized spacial score (nSPS) is 19.1. The molecule has 2 aliphatic rings. The highest BCUT2D eigenvalue weighted by molar-refractivity contribution is 5.89. The zero-order valence-electron chi connectivity index (χ0n) is 21.2. The number of esters is 1. The monoisotopic (exact) mass is 495 g/mol. The van der Waals surface area contributed by atoms with Gasteiger partial charge in [-0.15, -0.1) is 0 Å². The molecule has 0 spiro atoms. The highest BCUT2D eigenvalue weighted by Gasteiger charge is 2.31. The van der Waals surface area contributed by atoms with E-state index in [1.54, 1.807) is 25.7 Å². The highest BCUT2D eigenvalue weighted by atomic mass is 16.6. The zero-order valence-corrected chi connectivity index (χ0v) is 21.2. The number of carbonyl (C=O) groups is 4. The van der Waals surface area contributed by atoms with Crippen LogP contribution in [0.1, 0.15) is 72.1 Å². The van der Waals surface area contributed by atoms with Gasteiger partial charge in [0.05, 0.1) is 25.7 Å². The van der Waals surface area contributed by atoms with Crippen molar-refractivity contribution in [1.29, 1.82) is 0 Å². The summed E-state index contributed by atoms with van der Waals surface area (Å²) in [5.74, 6) is -1.08. The Bertz CT molecular complexity index is 754. The summed E-state index contributed by atoms with van der Waals surface area (Å²) in [6.45, 7) is 7.27. The van der Waals surface area contributed by atoms with Crippen molar-refractivity contribution in [3.05, 3.63) is 0 Å². The van der Waals surface area contributed by atoms with Crippen molar-refractivity contribution in [2.45, 2.75) is 83.8 Å². The van der Waals surface area contributed by atoms with E-state index in [-0.39, 0.29) is 24.7 Å². The summed E-state index contributed by atoms with van der Waals surface area (Å²) in [5, 5.41) is 6.55. The summed E-state index contributed by atoms with van der Waals surface area (Å²) in [6.07, 6.45) is 7.31. The van der Waals surface area contributed by atoms with Crippen molar-refractivity contribution in [1.82, 2.24) is 15.6 Å². The topological polar surface area (TPSA) is 152 Å². The molecule has 11 nitrogen and oxygen atoms in total. The number of urea groups is 1. The Kier molecular flexibility index (Phi) is 11.4. The SMILES string of the molecule is CC(C)(C)OC(=O)C[C@@H](/C=N/NC(N)=O)NC(=O)[C@@H](CC(=O)N1CCOCC1)CC1CCCCC1. The van der Waals surface area contributed by atoms with Crippen LogP contribution < -0.4 is 16.5 Å². The molecule has 0 aromatic heterocycles. The number of nitrogens with two attached hydrogens (primary N) is 1. The zero-order chi connectivity index (χ0) is 25.8. The van der Waals surface area contributed by atoms with Crippen molar-refractivity contribution < 1.29 is 28.7 Å². The summed E-state index contributed by atoms with van der Waals surface area (Å²) in [5.41, 5.74) is 6.43. The third-order valence-corrected chi connectivity index (χ3v) is 6.06. The molecule has 35 heavy (non-hydrogen) atoms. The maximum Gasteiger partial charge on any atom is 0.332 e. The summed E-state index contributed by atoms with van der Waals surface area (Å²) in [4.78, 5) is 51.4. The second kappa shape index (κ2) is 14.0. The molecule has 0 unspecified atom stereocenters. The summed E-state index contributed by atoms with van der Waals surface area (Å²) in [7, 11) is 0. The van der Waals surface area contributed by atoms with E-state index in [9.17, 15) is 19.2 Å². The maximum atomic E-state index is 13.4. The summed E-state index contributed by atoms with van der Waals surface area (Å²) < 4.78 is 10.7. The predicted octanol–water partition coefficient (Wildman–Crippen LogP) is 1.69. The van der Waals surface area contributed by atoms with Gasteiger partial charge in [0.1, 0.15) is 5.60 Å². The van der Waals surface area contributed by atoms with E-state index in [0.717, 1.165) is 25.7 Å². The summed E-state index contributed by atoms with van der Waals surface area (Å²) in [6, 6.07) is -1.70. The first kappa shape index (κ1) is 28.5. The van der Waals surface area contributed by atoms with Gasteiger partial charge in [0.15, 0.2) is 0 Å². The minimum absolute atomic E-state index is 0.0722. The van der Waals surface area contributed by atoms with Crippen LogP contribution in [-0.2, 0) is 23.9 Å². The van der Waals surface area contributed by atoms with Crippen LogP contribution in [0.15, 0.2) is 5.10 Å². The van der Waals surface area contributed by atoms with Gasteiger partial charge in [-0.05, 0) is 33.1 Å². The Morgan fingerprint density at radius 1 is 1.11 bits per heavy atom. The first-order valence-corrected chi connectivity index (χ1v) is 12.5. The number of amides is 4. The smallest absolute Gasteiger partial charge is 0.332 e. The van der Waals surface area contributed by atoms with E-state index in [1.165, 1.54) is 12.6 Å². The predicted molar refractivity (Wildman–Crippen MR) is 130 cm³/mol. The average molecular weight is 496 g/mol. The summed E-state index contributed by atoms with van der Waals surface area (Å²) >= 11 is 0. The maximum absolute atomic E-state index is 13.4. The van der Waals surface area contributed by atoms with Crippen LogP contribution in [-0.4, -0.2) is 72.9 Å². The Labute approximate surface area is 207 Å². The molecule has 2 fully saturated rings. The number of carbonyl (C=O) groups excluding carboxylic acids is 4. The van der Waals surface area contributed by atoms with Crippen molar-refractivity contribution in [2.24, 2.45) is 22.7 Å². The Balaban J connectivity index is 2.11. The molecule has 0 bridgehead atoms. The van der Waals surface area contributed by atoms with E-state index in [0.29, 0.717) is 38.6 Å². The van der Waals surface area contributed by atoms with E-state index in [4.69, 9.17) is 15.2 Å². The van der Waals surface area contributed by atoms with Crippen LogP contribution >= 0.6 is 0 Å². The Morgan fingerprint density at radius 2 is 1.77 bits per heavy atom. The lowest BCUT2D eigenvalue weighted by Gasteiger charge is -2.30. The number of ether oxygens (including phenoxy) is 2. The van der Waals surface area contributed by atoms with E-state index >= 15 is 0 Å². The molecule has 1 aliphatic heterocycles. The minimum Gasteiger partial charge on any atom is -0.460 e. The van der Waals surface area contributed by atoms with Gasteiger partial charge in [-0.2, -0.15) is 5.10 Å². The number of hydrazone groups is 1. The van der Waals surface area contributed by atoms with Crippen molar-refractivity contribution in [3.63, 3.8) is 0 Å². The largest absolute Gasteiger partial charge is 0.460 e. The molecule has 0 aromatic carbocycles. The van der Waals surface area contributed by atoms with Crippen LogP contribution in [0.2, 0.25) is 0 Å². The number of hydrogen-bond acceptors (Lipinski definition) is 7. The molecule has 4 N–H and O–H groups in total. The fraction of sp³-hybridized carbons (Fsp3) is 0.792. The van der Waals surface area contributed by atoms with Gasteiger partial charge in [0.2, 0.25) is 11.8 Å². The van der Waals surface area contributed by atoms with Crippen LogP contribution in [0.5, 0.6) is 0 Å². The highest BCUT2D eigenvalue weighted by Crippen LogP contribution is 2.30. The molecule has 1 heterocycles. The lowest BCUT2D eigenvalue weighted by atomic mass is 9.81. The number of hydrogen-bond donors (Lipinski definition) is 3. The van der Waals surface area contributed by atoms with E-state index in [1.807, 2.05) is 0 Å². The number of nitrogens with zero attached hydrogens (tertiary/aromatic N) is 2. The second-order valence-corrected chi connectivity index (χ2v) is 10.3. The number of primary amides is 1.